The summed E-state index contributed by atoms with van der Waals surface area (Å²) in [5.41, 5.74) is 11.3. The van der Waals surface area contributed by atoms with E-state index >= 15 is 0 Å². The van der Waals surface area contributed by atoms with E-state index in [0.717, 1.165) is 27.7 Å². The van der Waals surface area contributed by atoms with Crippen LogP contribution in [0.2, 0.25) is 0 Å². The van der Waals surface area contributed by atoms with Gasteiger partial charge in [0.1, 0.15) is 0 Å². The van der Waals surface area contributed by atoms with Gasteiger partial charge in [0, 0.05) is 5.75 Å². The fourth-order valence-electron chi connectivity index (χ4n) is 1.80. The van der Waals surface area contributed by atoms with Crippen molar-refractivity contribution in [2.45, 2.75) is 31.6 Å². The first kappa shape index (κ1) is 13.0. The van der Waals surface area contributed by atoms with Gasteiger partial charge in [-0.05, 0) is 38.0 Å². The number of pyridine rings is 1. The van der Waals surface area contributed by atoms with Crippen molar-refractivity contribution < 1.29 is 0 Å². The van der Waals surface area contributed by atoms with Crippen molar-refractivity contribution >= 4 is 17.4 Å². The quantitative estimate of drug-likeness (QED) is 0.849. The number of aryl methyl sites for hydroxylation is 3. The van der Waals surface area contributed by atoms with Crippen molar-refractivity contribution in [2.24, 2.45) is 0 Å². The fourth-order valence-corrected chi connectivity index (χ4v) is 2.78. The van der Waals surface area contributed by atoms with Crippen LogP contribution in [0.1, 0.15) is 22.4 Å². The Morgan fingerprint density at radius 2 is 1.94 bits per heavy atom. The summed E-state index contributed by atoms with van der Waals surface area (Å²) in [6.07, 6.45) is 0. The van der Waals surface area contributed by atoms with Gasteiger partial charge in [-0.2, -0.15) is 0 Å². The zero-order valence-electron chi connectivity index (χ0n) is 11.0. The minimum absolute atomic E-state index is 0.771. The zero-order chi connectivity index (χ0) is 13.1. The summed E-state index contributed by atoms with van der Waals surface area (Å²) in [6.45, 7) is 6.12. The van der Waals surface area contributed by atoms with Gasteiger partial charge < -0.3 is 5.73 Å². The molecule has 94 valence electrons. The highest BCUT2D eigenvalue weighted by Gasteiger charge is 2.05. The Balaban J connectivity index is 2.13. The number of aromatic nitrogens is 1. The third-order valence-corrected chi connectivity index (χ3v) is 4.02. The number of hydrogen-bond acceptors (Lipinski definition) is 3. The Kier molecular flexibility index (Phi) is 3.92. The molecule has 1 heterocycles. The molecule has 2 rings (SSSR count). The number of nitrogen functional groups attached to an aromatic ring is 1. The number of thioether (sulfide) groups is 1. The van der Waals surface area contributed by atoms with Crippen LogP contribution >= 0.6 is 11.8 Å². The van der Waals surface area contributed by atoms with E-state index in [1.54, 1.807) is 11.8 Å². The smallest absolute Gasteiger partial charge is 0.0997 e. The summed E-state index contributed by atoms with van der Waals surface area (Å²) >= 11 is 1.77. The minimum Gasteiger partial charge on any atom is -0.397 e. The van der Waals surface area contributed by atoms with Crippen LogP contribution < -0.4 is 5.73 Å². The maximum absolute atomic E-state index is 5.84. The lowest BCUT2D eigenvalue weighted by atomic mass is 10.2. The van der Waals surface area contributed by atoms with E-state index < -0.39 is 0 Å². The summed E-state index contributed by atoms with van der Waals surface area (Å²) in [5, 5.41) is 1.07. The van der Waals surface area contributed by atoms with Gasteiger partial charge in [-0.15, -0.1) is 11.8 Å². The van der Waals surface area contributed by atoms with Gasteiger partial charge in [0.05, 0.1) is 16.4 Å². The van der Waals surface area contributed by atoms with Crippen LogP contribution in [-0.2, 0) is 5.75 Å². The third-order valence-electron chi connectivity index (χ3n) is 2.85. The van der Waals surface area contributed by atoms with Crippen LogP contribution in [0, 0.1) is 20.8 Å². The van der Waals surface area contributed by atoms with Gasteiger partial charge in [0.2, 0.25) is 0 Å². The lowest BCUT2D eigenvalue weighted by Crippen LogP contribution is -1.97. The number of nitrogens with zero attached hydrogens (tertiary/aromatic N) is 1. The molecular weight excluding hydrogens is 240 g/mol. The van der Waals surface area contributed by atoms with E-state index in [1.165, 1.54) is 11.1 Å². The van der Waals surface area contributed by atoms with Gasteiger partial charge in [-0.25, -0.2) is 4.98 Å². The highest BCUT2D eigenvalue weighted by Crippen LogP contribution is 2.26. The molecule has 2 N–H and O–H groups in total. The molecule has 0 bridgehead atoms. The Hall–Kier alpha value is -1.48. The molecule has 18 heavy (non-hydrogen) atoms. The number of anilines is 1. The molecule has 0 amide bonds. The molecule has 0 aliphatic heterocycles. The summed E-state index contributed by atoms with van der Waals surface area (Å²) in [7, 11) is 0. The number of rotatable bonds is 3. The van der Waals surface area contributed by atoms with Gasteiger partial charge in [-0.1, -0.05) is 29.8 Å². The Morgan fingerprint density at radius 1 is 1.17 bits per heavy atom. The van der Waals surface area contributed by atoms with E-state index in [1.807, 2.05) is 13.0 Å². The molecule has 0 fully saturated rings. The minimum atomic E-state index is 0.771. The monoisotopic (exact) mass is 258 g/mol. The van der Waals surface area contributed by atoms with Crippen LogP contribution in [0.25, 0.3) is 0 Å². The topological polar surface area (TPSA) is 38.9 Å². The van der Waals surface area contributed by atoms with E-state index in [0.29, 0.717) is 0 Å². The molecule has 0 atom stereocenters. The normalized spacial score (nSPS) is 10.6. The average Bonchev–Trinajstić information content (AvgIpc) is 2.32. The summed E-state index contributed by atoms with van der Waals surface area (Å²) in [4.78, 5) is 4.55. The number of hydrogen-bond donors (Lipinski definition) is 1. The second kappa shape index (κ2) is 5.44. The first-order valence-corrected chi connectivity index (χ1v) is 6.97. The lowest BCUT2D eigenvalue weighted by molar-refractivity contribution is 1.03. The predicted octanol–water partition coefficient (Wildman–Crippen LogP) is 3.88. The SMILES string of the molecule is Cc1cccc(CSc2nc(C)c(N)cc2C)c1. The Morgan fingerprint density at radius 3 is 2.67 bits per heavy atom. The molecule has 3 heteroatoms. The van der Waals surface area contributed by atoms with Crippen molar-refractivity contribution in [3.8, 4) is 0 Å². The predicted molar refractivity (Wildman–Crippen MR) is 78.9 cm³/mol. The molecule has 0 aliphatic rings. The van der Waals surface area contributed by atoms with Gasteiger partial charge in [-0.3, -0.25) is 0 Å². The van der Waals surface area contributed by atoms with E-state index in [2.05, 4.69) is 43.1 Å². The van der Waals surface area contributed by atoms with Crippen LogP contribution in [0.5, 0.6) is 0 Å². The maximum Gasteiger partial charge on any atom is 0.0997 e. The number of nitrogens with two attached hydrogens (primary N) is 1. The number of benzene rings is 1. The molecule has 0 radical (unpaired) electrons. The second-order valence-electron chi connectivity index (χ2n) is 4.56. The fraction of sp³-hybridized carbons (Fsp3) is 0.267. The van der Waals surface area contributed by atoms with Gasteiger partial charge >= 0.3 is 0 Å². The van der Waals surface area contributed by atoms with E-state index in [-0.39, 0.29) is 0 Å². The standard InChI is InChI=1S/C15H18N2S/c1-10-5-4-6-13(7-10)9-18-15-11(2)8-14(16)12(3)17-15/h4-8H,9,16H2,1-3H3. The zero-order valence-corrected chi connectivity index (χ0v) is 11.8. The van der Waals surface area contributed by atoms with Crippen LogP contribution in [0.15, 0.2) is 35.4 Å². The molecular formula is C15H18N2S. The highest BCUT2D eigenvalue weighted by molar-refractivity contribution is 7.98. The van der Waals surface area contributed by atoms with Crippen molar-refractivity contribution in [3.63, 3.8) is 0 Å². The molecule has 1 aromatic heterocycles. The van der Waals surface area contributed by atoms with Crippen LogP contribution in [0.4, 0.5) is 5.69 Å². The summed E-state index contributed by atoms with van der Waals surface area (Å²) in [6, 6.07) is 10.6. The largest absolute Gasteiger partial charge is 0.397 e. The second-order valence-corrected chi connectivity index (χ2v) is 5.53. The van der Waals surface area contributed by atoms with Gasteiger partial charge in [0.25, 0.3) is 0 Å². The molecule has 0 spiro atoms. The van der Waals surface area contributed by atoms with Crippen molar-refractivity contribution in [1.82, 2.24) is 4.98 Å². The molecule has 2 nitrogen and oxygen atoms in total. The summed E-state index contributed by atoms with van der Waals surface area (Å²) in [5.74, 6) is 0.943. The Bertz CT molecular complexity index is 564. The van der Waals surface area contributed by atoms with Crippen molar-refractivity contribution in [3.05, 3.63) is 52.7 Å². The van der Waals surface area contributed by atoms with Crippen LogP contribution in [0.3, 0.4) is 0 Å². The van der Waals surface area contributed by atoms with Crippen molar-refractivity contribution in [1.29, 1.82) is 0 Å². The highest BCUT2D eigenvalue weighted by atomic mass is 32.2. The average molecular weight is 258 g/mol. The van der Waals surface area contributed by atoms with Gasteiger partial charge in [0.15, 0.2) is 0 Å². The molecule has 0 saturated carbocycles. The van der Waals surface area contributed by atoms with E-state index in [9.17, 15) is 0 Å². The lowest BCUT2D eigenvalue weighted by Gasteiger charge is -2.08. The van der Waals surface area contributed by atoms with Crippen LogP contribution in [-0.4, -0.2) is 4.98 Å². The maximum atomic E-state index is 5.84. The first-order valence-electron chi connectivity index (χ1n) is 5.98. The molecule has 0 unspecified atom stereocenters. The Labute approximate surface area is 113 Å². The summed E-state index contributed by atoms with van der Waals surface area (Å²) < 4.78 is 0. The molecule has 0 saturated heterocycles. The molecule has 0 aliphatic carbocycles. The van der Waals surface area contributed by atoms with Crippen molar-refractivity contribution in [2.75, 3.05) is 5.73 Å². The third kappa shape index (κ3) is 3.05. The van der Waals surface area contributed by atoms with E-state index in [4.69, 9.17) is 5.73 Å². The first-order chi connectivity index (χ1) is 8.56. The molecule has 1 aromatic carbocycles. The molecule has 2 aromatic rings.